The molecule has 1 fully saturated rings. The highest BCUT2D eigenvalue weighted by Crippen LogP contribution is 2.10. The molecule has 31 heavy (non-hydrogen) atoms. The first-order chi connectivity index (χ1) is 14.4. The summed E-state index contributed by atoms with van der Waals surface area (Å²) >= 11 is 0. The molecule has 0 aromatic heterocycles. The van der Waals surface area contributed by atoms with Crippen molar-refractivity contribution in [2.24, 2.45) is 5.92 Å². The second kappa shape index (κ2) is 12.9. The third kappa shape index (κ3) is 9.10. The molecule has 3 N–H and O–H groups in total. The standard InChI is InChI=1S/C21H40N4O6/c1-15(2)14-22-6-8-23(16(3)19(26)27)10-12-25(18(5)21(30)31)13-11-24(9-7-22)17(4)20(28)29/h15-18H,6-14H2,1-5H3,(H,26,27)(H,28,29)(H,30,31). The van der Waals surface area contributed by atoms with Crippen molar-refractivity contribution in [1.82, 2.24) is 19.6 Å². The van der Waals surface area contributed by atoms with Crippen LogP contribution in [-0.2, 0) is 14.4 Å². The van der Waals surface area contributed by atoms with Crippen LogP contribution in [0.5, 0.6) is 0 Å². The number of carboxylic acid groups (broad SMARTS) is 3. The van der Waals surface area contributed by atoms with Gasteiger partial charge in [-0.3, -0.25) is 29.1 Å². The quantitative estimate of drug-likeness (QED) is 0.481. The molecule has 0 saturated carbocycles. The van der Waals surface area contributed by atoms with E-state index in [2.05, 4.69) is 18.7 Å². The molecule has 0 spiro atoms. The molecule has 10 nitrogen and oxygen atoms in total. The Balaban J connectivity index is 3.12. The van der Waals surface area contributed by atoms with E-state index in [1.54, 1.807) is 25.7 Å². The Morgan fingerprint density at radius 1 is 0.581 bits per heavy atom. The van der Waals surface area contributed by atoms with E-state index in [1.165, 1.54) is 0 Å². The lowest BCUT2D eigenvalue weighted by Gasteiger charge is -2.37. The van der Waals surface area contributed by atoms with E-state index in [0.717, 1.165) is 6.54 Å². The van der Waals surface area contributed by atoms with Gasteiger partial charge in [-0.1, -0.05) is 13.8 Å². The number of rotatable bonds is 8. The summed E-state index contributed by atoms with van der Waals surface area (Å²) in [6, 6.07) is -2.09. The average Bonchev–Trinajstić information content (AvgIpc) is 2.68. The normalized spacial score (nSPS) is 22.3. The smallest absolute Gasteiger partial charge is 0.320 e. The Labute approximate surface area is 185 Å². The van der Waals surface area contributed by atoms with Crippen LogP contribution in [0.25, 0.3) is 0 Å². The molecule has 0 aliphatic carbocycles. The van der Waals surface area contributed by atoms with Gasteiger partial charge in [-0.05, 0) is 26.7 Å². The molecule has 3 atom stereocenters. The minimum absolute atomic E-state index is 0.393. The Hall–Kier alpha value is -1.75. The van der Waals surface area contributed by atoms with Crippen LogP contribution in [-0.4, -0.2) is 130 Å². The molecule has 1 rings (SSSR count). The topological polar surface area (TPSA) is 125 Å². The number of carboxylic acids is 3. The predicted molar refractivity (Wildman–Crippen MR) is 117 cm³/mol. The number of aliphatic carboxylic acids is 3. The summed E-state index contributed by atoms with van der Waals surface area (Å²) in [5.41, 5.74) is 0. The fourth-order valence-corrected chi connectivity index (χ4v) is 3.83. The SMILES string of the molecule is CC(C)CN1CCN(C(C)C(=O)O)CCN(C(C)C(=O)O)CCN(C(C)C(=O)O)CC1. The van der Waals surface area contributed by atoms with Crippen LogP contribution in [0.4, 0.5) is 0 Å². The second-order valence-corrected chi connectivity index (χ2v) is 8.84. The lowest BCUT2D eigenvalue weighted by molar-refractivity contribution is -0.145. The van der Waals surface area contributed by atoms with Gasteiger partial charge < -0.3 is 20.2 Å². The van der Waals surface area contributed by atoms with Gasteiger partial charge in [-0.25, -0.2) is 0 Å². The van der Waals surface area contributed by atoms with Gasteiger partial charge in [0.25, 0.3) is 0 Å². The molecule has 10 heteroatoms. The number of hydrogen-bond donors (Lipinski definition) is 3. The largest absolute Gasteiger partial charge is 0.480 e. The van der Waals surface area contributed by atoms with E-state index in [-0.39, 0.29) is 0 Å². The molecule has 180 valence electrons. The average molecular weight is 445 g/mol. The number of hydrogen-bond acceptors (Lipinski definition) is 7. The second-order valence-electron chi connectivity index (χ2n) is 8.84. The molecule has 1 heterocycles. The molecule has 0 amide bonds. The Morgan fingerprint density at radius 2 is 0.839 bits per heavy atom. The molecular formula is C21H40N4O6. The summed E-state index contributed by atoms with van der Waals surface area (Å²) in [7, 11) is 0. The highest BCUT2D eigenvalue weighted by molar-refractivity contribution is 5.73. The fraction of sp³-hybridized carbons (Fsp3) is 0.857. The van der Waals surface area contributed by atoms with E-state index in [0.29, 0.717) is 58.3 Å². The minimum Gasteiger partial charge on any atom is -0.480 e. The molecule has 0 radical (unpaired) electrons. The van der Waals surface area contributed by atoms with Gasteiger partial charge in [0.15, 0.2) is 0 Å². The monoisotopic (exact) mass is 444 g/mol. The van der Waals surface area contributed by atoms with Gasteiger partial charge in [0, 0.05) is 58.9 Å². The molecular weight excluding hydrogens is 404 g/mol. The van der Waals surface area contributed by atoms with E-state index < -0.39 is 36.0 Å². The van der Waals surface area contributed by atoms with E-state index in [4.69, 9.17) is 0 Å². The summed E-state index contributed by atoms with van der Waals surface area (Å²) in [5.74, 6) is -2.33. The van der Waals surface area contributed by atoms with E-state index in [1.807, 2.05) is 9.80 Å². The molecule has 1 aliphatic rings. The Kier molecular flexibility index (Phi) is 11.4. The third-order valence-electron chi connectivity index (χ3n) is 6.09. The first-order valence-corrected chi connectivity index (χ1v) is 11.1. The maximum absolute atomic E-state index is 11.6. The van der Waals surface area contributed by atoms with Gasteiger partial charge in [0.05, 0.1) is 0 Å². The van der Waals surface area contributed by atoms with Crippen LogP contribution in [0.2, 0.25) is 0 Å². The summed E-state index contributed by atoms with van der Waals surface area (Å²) in [4.78, 5) is 42.6. The molecule has 0 aromatic rings. The lowest BCUT2D eigenvalue weighted by atomic mass is 10.2. The highest BCUT2D eigenvalue weighted by atomic mass is 16.4. The Bertz CT molecular complexity index is 566. The maximum Gasteiger partial charge on any atom is 0.320 e. The van der Waals surface area contributed by atoms with Gasteiger partial charge in [0.1, 0.15) is 18.1 Å². The van der Waals surface area contributed by atoms with Crippen LogP contribution >= 0.6 is 0 Å². The van der Waals surface area contributed by atoms with Crippen molar-refractivity contribution < 1.29 is 29.7 Å². The van der Waals surface area contributed by atoms with Crippen LogP contribution in [0.1, 0.15) is 34.6 Å². The zero-order valence-corrected chi connectivity index (χ0v) is 19.5. The summed E-state index contributed by atoms with van der Waals surface area (Å²) in [6.07, 6.45) is 0. The van der Waals surface area contributed by atoms with Gasteiger partial charge in [0.2, 0.25) is 0 Å². The van der Waals surface area contributed by atoms with Gasteiger partial charge >= 0.3 is 17.9 Å². The molecule has 0 aromatic carbocycles. The molecule has 3 unspecified atom stereocenters. The molecule has 1 aliphatic heterocycles. The van der Waals surface area contributed by atoms with Crippen molar-refractivity contribution in [3.05, 3.63) is 0 Å². The number of nitrogens with zero attached hydrogens (tertiary/aromatic N) is 4. The van der Waals surface area contributed by atoms with Crippen LogP contribution in [0.3, 0.4) is 0 Å². The summed E-state index contributed by atoms with van der Waals surface area (Å²) in [5, 5.41) is 28.5. The fourth-order valence-electron chi connectivity index (χ4n) is 3.83. The van der Waals surface area contributed by atoms with Crippen molar-refractivity contribution in [3.8, 4) is 0 Å². The molecule has 0 bridgehead atoms. The van der Waals surface area contributed by atoms with Crippen molar-refractivity contribution >= 4 is 17.9 Å². The molecule has 1 saturated heterocycles. The minimum atomic E-state index is -0.953. The maximum atomic E-state index is 11.6. The zero-order valence-electron chi connectivity index (χ0n) is 19.5. The lowest BCUT2D eigenvalue weighted by Crippen LogP contribution is -2.53. The van der Waals surface area contributed by atoms with E-state index >= 15 is 0 Å². The predicted octanol–water partition coefficient (Wildman–Crippen LogP) is 0.283. The first-order valence-electron chi connectivity index (χ1n) is 11.1. The van der Waals surface area contributed by atoms with Crippen LogP contribution in [0.15, 0.2) is 0 Å². The van der Waals surface area contributed by atoms with Gasteiger partial charge in [-0.15, -0.1) is 0 Å². The zero-order chi connectivity index (χ0) is 23.7. The number of carbonyl (C=O) groups is 3. The third-order valence-corrected chi connectivity index (χ3v) is 6.09. The Morgan fingerprint density at radius 3 is 1.06 bits per heavy atom. The van der Waals surface area contributed by atoms with E-state index in [9.17, 15) is 29.7 Å². The van der Waals surface area contributed by atoms with Crippen molar-refractivity contribution in [1.29, 1.82) is 0 Å². The summed E-state index contributed by atoms with van der Waals surface area (Å²) in [6.45, 7) is 14.1. The van der Waals surface area contributed by atoms with Crippen molar-refractivity contribution in [2.75, 3.05) is 58.9 Å². The van der Waals surface area contributed by atoms with Crippen molar-refractivity contribution in [2.45, 2.75) is 52.7 Å². The van der Waals surface area contributed by atoms with Crippen LogP contribution < -0.4 is 0 Å². The summed E-state index contributed by atoms with van der Waals surface area (Å²) < 4.78 is 0. The van der Waals surface area contributed by atoms with Crippen molar-refractivity contribution in [3.63, 3.8) is 0 Å². The van der Waals surface area contributed by atoms with Gasteiger partial charge in [-0.2, -0.15) is 0 Å². The highest BCUT2D eigenvalue weighted by Gasteiger charge is 2.28. The van der Waals surface area contributed by atoms with Crippen LogP contribution in [0, 0.1) is 5.92 Å². The first kappa shape index (κ1) is 27.3.